The van der Waals surface area contributed by atoms with E-state index in [4.69, 9.17) is 0 Å². The summed E-state index contributed by atoms with van der Waals surface area (Å²) in [6.45, 7) is 6.86. The van der Waals surface area contributed by atoms with Crippen LogP contribution >= 0.6 is 0 Å². The predicted octanol–water partition coefficient (Wildman–Crippen LogP) is 6.26. The van der Waals surface area contributed by atoms with E-state index < -0.39 is 0 Å². The van der Waals surface area contributed by atoms with Gasteiger partial charge in [0.15, 0.2) is 0 Å². The van der Waals surface area contributed by atoms with Crippen LogP contribution in [-0.2, 0) is 0 Å². The van der Waals surface area contributed by atoms with E-state index >= 15 is 0 Å². The molecule has 2 rings (SSSR count). The van der Waals surface area contributed by atoms with Crippen LogP contribution in [0.4, 0.5) is 0 Å². The number of benzene rings is 1. The molecule has 0 bridgehead atoms. The van der Waals surface area contributed by atoms with Gasteiger partial charge in [0.25, 0.3) is 0 Å². The second-order valence-corrected chi connectivity index (χ2v) is 5.83. The molecule has 1 aliphatic rings. The Labute approximate surface area is 124 Å². The fourth-order valence-electron chi connectivity index (χ4n) is 3.33. The molecule has 1 aliphatic carbocycles. The lowest BCUT2D eigenvalue weighted by Gasteiger charge is -2.29. The van der Waals surface area contributed by atoms with Crippen molar-refractivity contribution in [2.75, 3.05) is 0 Å². The Hall–Kier alpha value is -1.30. The SMILES string of the molecule is CCCCC1C=C(CC)C(CC)=CC1c1ccccc1. The highest BCUT2D eigenvalue weighted by Crippen LogP contribution is 2.39. The Kier molecular flexibility index (Phi) is 5.64. The molecule has 0 N–H and O–H groups in total. The second-order valence-electron chi connectivity index (χ2n) is 5.83. The minimum absolute atomic E-state index is 0.577. The zero-order valence-corrected chi connectivity index (χ0v) is 13.2. The van der Waals surface area contributed by atoms with Crippen molar-refractivity contribution in [2.45, 2.75) is 58.8 Å². The van der Waals surface area contributed by atoms with Gasteiger partial charge < -0.3 is 0 Å². The van der Waals surface area contributed by atoms with Crippen molar-refractivity contribution >= 4 is 0 Å². The van der Waals surface area contributed by atoms with Gasteiger partial charge in [0, 0.05) is 5.92 Å². The van der Waals surface area contributed by atoms with E-state index in [9.17, 15) is 0 Å². The van der Waals surface area contributed by atoms with Crippen LogP contribution in [-0.4, -0.2) is 0 Å². The maximum atomic E-state index is 2.58. The topological polar surface area (TPSA) is 0 Å². The fourth-order valence-corrected chi connectivity index (χ4v) is 3.33. The number of hydrogen-bond acceptors (Lipinski definition) is 0. The molecule has 0 radical (unpaired) electrons. The van der Waals surface area contributed by atoms with Crippen molar-refractivity contribution < 1.29 is 0 Å². The molecule has 2 unspecified atom stereocenters. The molecule has 0 aromatic heterocycles. The molecule has 1 aromatic carbocycles. The van der Waals surface area contributed by atoms with Gasteiger partial charge in [-0.3, -0.25) is 0 Å². The van der Waals surface area contributed by atoms with Gasteiger partial charge in [-0.25, -0.2) is 0 Å². The van der Waals surface area contributed by atoms with Crippen LogP contribution in [0.15, 0.2) is 53.6 Å². The maximum Gasteiger partial charge on any atom is 0.00869 e. The molecule has 0 amide bonds. The fraction of sp³-hybridized carbons (Fsp3) is 0.500. The number of rotatable bonds is 6. The van der Waals surface area contributed by atoms with Crippen LogP contribution in [0.1, 0.15) is 64.4 Å². The monoisotopic (exact) mass is 268 g/mol. The van der Waals surface area contributed by atoms with E-state index in [1.807, 2.05) is 0 Å². The lowest BCUT2D eigenvalue weighted by molar-refractivity contribution is 0.498. The van der Waals surface area contributed by atoms with Crippen LogP contribution in [0, 0.1) is 5.92 Å². The highest BCUT2D eigenvalue weighted by atomic mass is 14.3. The Morgan fingerprint density at radius 1 is 0.850 bits per heavy atom. The standard InChI is InChI=1S/C20H28/c1-4-7-11-19-14-16(5-2)17(6-3)15-20(19)18-12-9-8-10-13-18/h8-10,12-15,19-20H,4-7,11H2,1-3H3. The molecule has 0 saturated carbocycles. The van der Waals surface area contributed by atoms with E-state index in [1.165, 1.54) is 31.2 Å². The van der Waals surface area contributed by atoms with Gasteiger partial charge >= 0.3 is 0 Å². The lowest BCUT2D eigenvalue weighted by Crippen LogP contribution is -2.15. The third-order valence-corrected chi connectivity index (χ3v) is 4.51. The second kappa shape index (κ2) is 7.47. The molecule has 108 valence electrons. The van der Waals surface area contributed by atoms with Crippen molar-refractivity contribution in [3.8, 4) is 0 Å². The smallest absolute Gasteiger partial charge is 0.00869 e. The van der Waals surface area contributed by atoms with Crippen molar-refractivity contribution in [3.63, 3.8) is 0 Å². The summed E-state index contributed by atoms with van der Waals surface area (Å²) in [5.41, 5.74) is 4.63. The van der Waals surface area contributed by atoms with Gasteiger partial charge in [0.05, 0.1) is 0 Å². The van der Waals surface area contributed by atoms with Gasteiger partial charge in [-0.05, 0) is 41.9 Å². The Bertz CT molecular complexity index is 464. The van der Waals surface area contributed by atoms with Crippen LogP contribution in [0.25, 0.3) is 0 Å². The summed E-state index contributed by atoms with van der Waals surface area (Å²) >= 11 is 0. The summed E-state index contributed by atoms with van der Waals surface area (Å²) in [6.07, 6.45) is 11.4. The summed E-state index contributed by atoms with van der Waals surface area (Å²) in [7, 11) is 0. The molecule has 1 aromatic rings. The van der Waals surface area contributed by atoms with Gasteiger partial charge in [-0.1, -0.05) is 76.1 Å². The molecule has 0 nitrogen and oxygen atoms in total. The van der Waals surface area contributed by atoms with Crippen LogP contribution < -0.4 is 0 Å². The third-order valence-electron chi connectivity index (χ3n) is 4.51. The third kappa shape index (κ3) is 3.42. The van der Waals surface area contributed by atoms with Crippen LogP contribution in [0.3, 0.4) is 0 Å². The highest BCUT2D eigenvalue weighted by Gasteiger charge is 2.24. The minimum atomic E-state index is 0.577. The minimum Gasteiger partial charge on any atom is -0.0770 e. The first-order valence-electron chi connectivity index (χ1n) is 8.26. The number of hydrogen-bond donors (Lipinski definition) is 0. The lowest BCUT2D eigenvalue weighted by atomic mass is 9.75. The van der Waals surface area contributed by atoms with E-state index in [0.717, 1.165) is 6.42 Å². The van der Waals surface area contributed by atoms with Crippen LogP contribution in [0.5, 0.6) is 0 Å². The molecular weight excluding hydrogens is 240 g/mol. The van der Waals surface area contributed by atoms with E-state index in [-0.39, 0.29) is 0 Å². The van der Waals surface area contributed by atoms with Crippen molar-refractivity contribution in [3.05, 3.63) is 59.2 Å². The molecule has 20 heavy (non-hydrogen) atoms. The zero-order valence-electron chi connectivity index (χ0n) is 13.2. The molecule has 0 heterocycles. The quantitative estimate of drug-likeness (QED) is 0.571. The van der Waals surface area contributed by atoms with Gasteiger partial charge in [0.1, 0.15) is 0 Å². The average molecular weight is 268 g/mol. The van der Waals surface area contributed by atoms with E-state index in [1.54, 1.807) is 11.1 Å². The van der Waals surface area contributed by atoms with Crippen molar-refractivity contribution in [1.82, 2.24) is 0 Å². The van der Waals surface area contributed by atoms with Crippen molar-refractivity contribution in [2.24, 2.45) is 5.92 Å². The largest absolute Gasteiger partial charge is 0.0770 e. The molecule has 0 aliphatic heterocycles. The first-order chi connectivity index (χ1) is 9.80. The summed E-state index contributed by atoms with van der Waals surface area (Å²) in [5.74, 6) is 1.26. The predicted molar refractivity (Wildman–Crippen MR) is 88.9 cm³/mol. The summed E-state index contributed by atoms with van der Waals surface area (Å²) in [4.78, 5) is 0. The van der Waals surface area contributed by atoms with Gasteiger partial charge in [-0.2, -0.15) is 0 Å². The number of unbranched alkanes of at least 4 members (excludes halogenated alkanes) is 1. The van der Waals surface area contributed by atoms with Crippen LogP contribution in [0.2, 0.25) is 0 Å². The molecular formula is C20H28. The first kappa shape index (κ1) is 15.1. The van der Waals surface area contributed by atoms with E-state index in [0.29, 0.717) is 11.8 Å². The normalized spacial score (nSPS) is 22.4. The zero-order chi connectivity index (χ0) is 14.4. The molecule has 2 atom stereocenters. The average Bonchev–Trinajstić information content (AvgIpc) is 2.52. The Morgan fingerprint density at radius 2 is 1.50 bits per heavy atom. The highest BCUT2D eigenvalue weighted by molar-refractivity contribution is 5.41. The number of allylic oxidation sites excluding steroid dienone is 4. The Morgan fingerprint density at radius 3 is 2.10 bits per heavy atom. The van der Waals surface area contributed by atoms with E-state index in [2.05, 4.69) is 63.3 Å². The summed E-state index contributed by atoms with van der Waals surface area (Å²) in [5, 5.41) is 0. The van der Waals surface area contributed by atoms with Crippen molar-refractivity contribution in [1.29, 1.82) is 0 Å². The van der Waals surface area contributed by atoms with Gasteiger partial charge in [0.2, 0.25) is 0 Å². The molecule has 0 saturated heterocycles. The summed E-state index contributed by atoms with van der Waals surface area (Å²) in [6, 6.07) is 11.0. The molecule has 0 fully saturated rings. The molecule has 0 heteroatoms. The first-order valence-corrected chi connectivity index (χ1v) is 8.26. The molecule has 0 spiro atoms. The van der Waals surface area contributed by atoms with Gasteiger partial charge in [-0.15, -0.1) is 0 Å². The maximum absolute atomic E-state index is 2.58. The Balaban J connectivity index is 2.30. The summed E-state index contributed by atoms with van der Waals surface area (Å²) < 4.78 is 0.